The van der Waals surface area contributed by atoms with Crippen molar-refractivity contribution in [3.05, 3.63) is 28.4 Å². The maximum Gasteiger partial charge on any atom is 0.357 e. The second kappa shape index (κ2) is 6.89. The van der Waals surface area contributed by atoms with E-state index in [9.17, 15) is 4.79 Å². The lowest BCUT2D eigenvalue weighted by atomic mass is 10.1. The van der Waals surface area contributed by atoms with Crippen molar-refractivity contribution >= 4 is 28.5 Å². The average molecular weight is 337 g/mol. The van der Waals surface area contributed by atoms with Crippen LogP contribution in [0.4, 0.5) is 0 Å². The zero-order valence-electron chi connectivity index (χ0n) is 13.5. The monoisotopic (exact) mass is 336 g/mol. The van der Waals surface area contributed by atoms with E-state index in [-0.39, 0.29) is 6.10 Å². The van der Waals surface area contributed by atoms with Crippen LogP contribution in [0.3, 0.4) is 0 Å². The molecule has 1 atom stereocenters. The summed E-state index contributed by atoms with van der Waals surface area (Å²) < 4.78 is 12.7. The number of carbonyl (C=O) groups is 1. The number of halogens is 1. The number of hydrogen-bond donors (Lipinski definition) is 0. The summed E-state index contributed by atoms with van der Waals surface area (Å²) in [5, 5.41) is 5.81. The molecular formula is C17H21ClN2O3. The van der Waals surface area contributed by atoms with Crippen molar-refractivity contribution in [2.75, 3.05) is 13.2 Å². The predicted octanol–water partition coefficient (Wildman–Crippen LogP) is 3.74. The quantitative estimate of drug-likeness (QED) is 0.798. The molecular weight excluding hydrogens is 316 g/mol. The highest BCUT2D eigenvalue weighted by Crippen LogP contribution is 2.30. The highest BCUT2D eigenvalue weighted by atomic mass is 35.5. The lowest BCUT2D eigenvalue weighted by Gasteiger charge is -2.23. The molecule has 124 valence electrons. The first kappa shape index (κ1) is 16.3. The lowest BCUT2D eigenvalue weighted by Crippen LogP contribution is -2.27. The van der Waals surface area contributed by atoms with Crippen molar-refractivity contribution in [1.82, 2.24) is 9.78 Å². The largest absolute Gasteiger partial charge is 0.461 e. The number of carbonyl (C=O) groups excluding carboxylic acids is 1. The minimum atomic E-state index is -0.390. The van der Waals surface area contributed by atoms with Crippen LogP contribution in [-0.4, -0.2) is 35.1 Å². The molecule has 1 aromatic carbocycles. The van der Waals surface area contributed by atoms with Gasteiger partial charge in [0.2, 0.25) is 0 Å². The molecule has 0 N–H and O–H groups in total. The minimum Gasteiger partial charge on any atom is -0.461 e. The summed E-state index contributed by atoms with van der Waals surface area (Å²) in [6, 6.07) is 3.71. The number of hydrogen-bond acceptors (Lipinski definition) is 4. The van der Waals surface area contributed by atoms with Crippen LogP contribution < -0.4 is 0 Å². The van der Waals surface area contributed by atoms with Gasteiger partial charge in [0, 0.05) is 6.61 Å². The normalized spacial score (nSPS) is 18.3. The van der Waals surface area contributed by atoms with E-state index >= 15 is 0 Å². The second-order valence-corrected chi connectivity index (χ2v) is 6.23. The molecule has 1 fully saturated rings. The number of aryl methyl sites for hydroxylation is 1. The van der Waals surface area contributed by atoms with Crippen LogP contribution in [0.25, 0.3) is 10.9 Å². The van der Waals surface area contributed by atoms with Gasteiger partial charge >= 0.3 is 5.97 Å². The maximum absolute atomic E-state index is 12.5. The van der Waals surface area contributed by atoms with Crippen LogP contribution in [0, 0.1) is 6.92 Å². The first-order valence-electron chi connectivity index (χ1n) is 8.06. The molecule has 2 aromatic rings. The molecule has 0 radical (unpaired) electrons. The van der Waals surface area contributed by atoms with Gasteiger partial charge in [-0.2, -0.15) is 5.10 Å². The number of ether oxygens (including phenoxy) is 2. The molecule has 0 saturated carbocycles. The summed E-state index contributed by atoms with van der Waals surface area (Å²) in [4.78, 5) is 12.5. The van der Waals surface area contributed by atoms with E-state index in [1.165, 1.54) is 0 Å². The Morgan fingerprint density at radius 1 is 1.48 bits per heavy atom. The Bertz CT molecular complexity index is 720. The van der Waals surface area contributed by atoms with Crippen molar-refractivity contribution in [2.45, 2.75) is 45.8 Å². The highest BCUT2D eigenvalue weighted by molar-refractivity contribution is 6.36. The molecule has 1 aliphatic rings. The van der Waals surface area contributed by atoms with Crippen molar-refractivity contribution in [1.29, 1.82) is 0 Å². The Morgan fingerprint density at radius 2 is 2.30 bits per heavy atom. The van der Waals surface area contributed by atoms with Crippen LogP contribution in [-0.2, 0) is 16.0 Å². The molecule has 5 nitrogen and oxygen atoms in total. The molecule has 0 bridgehead atoms. The molecule has 23 heavy (non-hydrogen) atoms. The summed E-state index contributed by atoms with van der Waals surface area (Å²) in [6.45, 7) is 5.37. The Hall–Kier alpha value is -1.59. The maximum atomic E-state index is 12.5. The number of fused-ring (bicyclic) bond motifs is 1. The number of esters is 1. The highest BCUT2D eigenvalue weighted by Gasteiger charge is 2.25. The summed E-state index contributed by atoms with van der Waals surface area (Å²) in [5.41, 5.74) is 2.15. The predicted molar refractivity (Wildman–Crippen MR) is 89.0 cm³/mol. The molecule has 0 spiro atoms. The minimum absolute atomic E-state index is 0.0744. The van der Waals surface area contributed by atoms with E-state index in [2.05, 4.69) is 5.10 Å². The number of aromatic nitrogens is 2. The molecule has 2 heterocycles. The summed E-state index contributed by atoms with van der Waals surface area (Å²) >= 11 is 6.34. The summed E-state index contributed by atoms with van der Waals surface area (Å²) in [7, 11) is 0. The van der Waals surface area contributed by atoms with E-state index in [1.807, 2.05) is 13.0 Å². The van der Waals surface area contributed by atoms with E-state index in [0.717, 1.165) is 36.9 Å². The van der Waals surface area contributed by atoms with Gasteiger partial charge in [-0.05, 0) is 44.7 Å². The van der Waals surface area contributed by atoms with Crippen LogP contribution >= 0.6 is 11.6 Å². The van der Waals surface area contributed by atoms with E-state index in [4.69, 9.17) is 21.1 Å². The van der Waals surface area contributed by atoms with E-state index in [0.29, 0.717) is 29.3 Å². The molecule has 0 amide bonds. The number of rotatable bonds is 4. The fourth-order valence-electron chi connectivity index (χ4n) is 3.01. The molecule has 1 unspecified atom stereocenters. The molecule has 6 heteroatoms. The fraction of sp³-hybridized carbons (Fsp3) is 0.529. The second-order valence-electron chi connectivity index (χ2n) is 5.83. The van der Waals surface area contributed by atoms with E-state index < -0.39 is 5.97 Å². The zero-order valence-corrected chi connectivity index (χ0v) is 14.2. The Morgan fingerprint density at radius 3 is 3.00 bits per heavy atom. The average Bonchev–Trinajstić information content (AvgIpc) is 2.93. The molecule has 1 aliphatic heterocycles. The van der Waals surface area contributed by atoms with Gasteiger partial charge in [-0.3, -0.25) is 4.68 Å². The third kappa shape index (κ3) is 3.21. The van der Waals surface area contributed by atoms with Gasteiger partial charge in [-0.1, -0.05) is 17.7 Å². The van der Waals surface area contributed by atoms with Crippen LogP contribution in [0.5, 0.6) is 0 Å². The van der Waals surface area contributed by atoms with E-state index in [1.54, 1.807) is 17.7 Å². The molecule has 3 rings (SSSR count). The number of benzene rings is 1. The van der Waals surface area contributed by atoms with Gasteiger partial charge in [0.05, 0.1) is 35.2 Å². The molecule has 0 aliphatic carbocycles. The van der Waals surface area contributed by atoms with Gasteiger partial charge in [-0.15, -0.1) is 0 Å². The van der Waals surface area contributed by atoms with Crippen LogP contribution in [0.2, 0.25) is 5.02 Å². The smallest absolute Gasteiger partial charge is 0.357 e. The van der Waals surface area contributed by atoms with Crippen molar-refractivity contribution in [3.63, 3.8) is 0 Å². The van der Waals surface area contributed by atoms with Crippen LogP contribution in [0.1, 0.15) is 42.2 Å². The third-order valence-corrected chi connectivity index (χ3v) is 4.48. The van der Waals surface area contributed by atoms with Gasteiger partial charge in [0.15, 0.2) is 5.69 Å². The zero-order chi connectivity index (χ0) is 16.4. The van der Waals surface area contributed by atoms with Gasteiger partial charge in [-0.25, -0.2) is 4.79 Å². The third-order valence-electron chi connectivity index (χ3n) is 4.16. The summed E-state index contributed by atoms with van der Waals surface area (Å²) in [6.07, 6.45) is 3.28. The van der Waals surface area contributed by atoms with Crippen molar-refractivity contribution < 1.29 is 14.3 Å². The standard InChI is InChI=1S/C17H21ClN2O3/c1-3-22-17(21)16-14-13(18)8-7-11(2)15(14)19-20(16)10-12-6-4-5-9-23-12/h7-8,12H,3-6,9-10H2,1-2H3. The molecule has 1 saturated heterocycles. The van der Waals surface area contributed by atoms with Crippen LogP contribution in [0.15, 0.2) is 12.1 Å². The van der Waals surface area contributed by atoms with Gasteiger partial charge < -0.3 is 9.47 Å². The number of nitrogens with zero attached hydrogens (tertiary/aromatic N) is 2. The first-order chi connectivity index (χ1) is 11.1. The first-order valence-corrected chi connectivity index (χ1v) is 8.44. The SMILES string of the molecule is CCOC(=O)c1c2c(Cl)ccc(C)c2nn1CC1CCCCO1. The topological polar surface area (TPSA) is 53.3 Å². The van der Waals surface area contributed by atoms with Gasteiger partial charge in [0.1, 0.15) is 0 Å². The van der Waals surface area contributed by atoms with Crippen molar-refractivity contribution in [2.24, 2.45) is 0 Å². The Balaban J connectivity index is 2.07. The summed E-state index contributed by atoms with van der Waals surface area (Å²) in [5.74, 6) is -0.390. The Kier molecular flexibility index (Phi) is 4.87. The molecule has 1 aromatic heterocycles. The Labute approximate surface area is 140 Å². The van der Waals surface area contributed by atoms with Gasteiger partial charge in [0.25, 0.3) is 0 Å². The fourth-order valence-corrected chi connectivity index (χ4v) is 3.25. The van der Waals surface area contributed by atoms with Crippen molar-refractivity contribution in [3.8, 4) is 0 Å². The lowest BCUT2D eigenvalue weighted by molar-refractivity contribution is 0.00314.